The Labute approximate surface area is 222 Å². The number of anilines is 1. The van der Waals surface area contributed by atoms with Crippen LogP contribution in [0, 0.1) is 0 Å². The third kappa shape index (κ3) is 6.90. The molecule has 2 aliphatic rings. The summed E-state index contributed by atoms with van der Waals surface area (Å²) in [6.45, 7) is 10.2. The van der Waals surface area contributed by atoms with Crippen molar-refractivity contribution in [2.75, 3.05) is 18.2 Å². The molecule has 13 nitrogen and oxygen atoms in total. The van der Waals surface area contributed by atoms with Crippen LogP contribution in [0.3, 0.4) is 0 Å². The molecule has 0 spiro atoms. The SMILES string of the molecule is CON=C(C(=O)N[C@@H]1C(=O)N2C(C(=O)OC(C)(C)C)C(O)CS[C@@H]12)c1csc(NC(=O)OC(C)(C)C)n1. The van der Waals surface area contributed by atoms with Gasteiger partial charge >= 0.3 is 12.1 Å². The number of fused-ring (bicyclic) bond motifs is 1. The molecular formula is C22H31N5O8S2. The van der Waals surface area contributed by atoms with Gasteiger partial charge in [0.05, 0.1) is 6.10 Å². The van der Waals surface area contributed by atoms with Gasteiger partial charge in [0, 0.05) is 11.1 Å². The highest BCUT2D eigenvalue weighted by Crippen LogP contribution is 2.39. The molecule has 2 unspecified atom stereocenters. The number of hydrogen-bond donors (Lipinski definition) is 3. The summed E-state index contributed by atoms with van der Waals surface area (Å²) >= 11 is 2.28. The van der Waals surface area contributed by atoms with Gasteiger partial charge in [-0.2, -0.15) is 0 Å². The minimum atomic E-state index is -1.17. The van der Waals surface area contributed by atoms with Crippen molar-refractivity contribution in [2.45, 2.75) is 76.3 Å². The lowest BCUT2D eigenvalue weighted by Crippen LogP contribution is -2.77. The predicted octanol–water partition coefficient (Wildman–Crippen LogP) is 1.31. The molecule has 0 bridgehead atoms. The largest absolute Gasteiger partial charge is 0.458 e. The van der Waals surface area contributed by atoms with Crippen LogP contribution in [-0.4, -0.2) is 92.2 Å². The summed E-state index contributed by atoms with van der Waals surface area (Å²) in [5, 5.41) is 20.3. The summed E-state index contributed by atoms with van der Waals surface area (Å²) in [5.41, 5.74) is -1.61. The number of β-lactam (4-membered cyclic amide) rings is 1. The van der Waals surface area contributed by atoms with E-state index >= 15 is 0 Å². The molecule has 0 aliphatic carbocycles. The van der Waals surface area contributed by atoms with Crippen LogP contribution in [0.15, 0.2) is 10.5 Å². The van der Waals surface area contributed by atoms with Crippen molar-refractivity contribution in [1.82, 2.24) is 15.2 Å². The van der Waals surface area contributed by atoms with E-state index in [1.807, 2.05) is 0 Å². The van der Waals surface area contributed by atoms with Crippen LogP contribution in [0.5, 0.6) is 0 Å². The Morgan fingerprint density at radius 3 is 2.41 bits per heavy atom. The van der Waals surface area contributed by atoms with Gasteiger partial charge in [0.2, 0.25) is 5.91 Å². The van der Waals surface area contributed by atoms with Crippen molar-refractivity contribution in [3.63, 3.8) is 0 Å². The average molecular weight is 558 g/mol. The van der Waals surface area contributed by atoms with Crippen molar-refractivity contribution in [3.8, 4) is 0 Å². The number of hydrogen-bond acceptors (Lipinski definition) is 12. The molecule has 2 saturated heterocycles. The molecule has 2 aliphatic heterocycles. The lowest BCUT2D eigenvalue weighted by molar-refractivity contribution is -0.178. The molecule has 0 saturated carbocycles. The number of nitrogens with zero attached hydrogens (tertiary/aromatic N) is 3. The van der Waals surface area contributed by atoms with Crippen LogP contribution in [-0.2, 0) is 28.7 Å². The summed E-state index contributed by atoms with van der Waals surface area (Å²) in [7, 11) is 1.25. The maximum Gasteiger partial charge on any atom is 0.413 e. The lowest BCUT2D eigenvalue weighted by atomic mass is 9.99. The second-order valence-corrected chi connectivity index (χ2v) is 12.3. The quantitative estimate of drug-likeness (QED) is 0.201. The highest BCUT2D eigenvalue weighted by molar-refractivity contribution is 8.00. The third-order valence-corrected chi connectivity index (χ3v) is 7.00. The number of aromatic nitrogens is 1. The highest BCUT2D eigenvalue weighted by Gasteiger charge is 2.58. The Hall–Kier alpha value is -2.91. The van der Waals surface area contributed by atoms with Gasteiger partial charge in [-0.25, -0.2) is 14.6 Å². The van der Waals surface area contributed by atoms with Gasteiger partial charge in [-0.15, -0.1) is 23.1 Å². The summed E-state index contributed by atoms with van der Waals surface area (Å²) in [6, 6.07) is -2.13. The van der Waals surface area contributed by atoms with E-state index in [4.69, 9.17) is 14.3 Å². The molecule has 3 rings (SSSR count). The van der Waals surface area contributed by atoms with Crippen LogP contribution in [0.1, 0.15) is 47.2 Å². The predicted molar refractivity (Wildman–Crippen MR) is 136 cm³/mol. The minimum absolute atomic E-state index is 0.109. The Morgan fingerprint density at radius 1 is 1.16 bits per heavy atom. The monoisotopic (exact) mass is 557 g/mol. The Morgan fingerprint density at radius 2 is 1.81 bits per heavy atom. The van der Waals surface area contributed by atoms with E-state index in [2.05, 4.69) is 20.8 Å². The molecule has 204 valence electrons. The van der Waals surface area contributed by atoms with Crippen molar-refractivity contribution in [3.05, 3.63) is 11.1 Å². The number of ether oxygens (including phenoxy) is 2. The van der Waals surface area contributed by atoms with Gasteiger partial charge in [-0.1, -0.05) is 5.16 Å². The van der Waals surface area contributed by atoms with E-state index in [9.17, 15) is 24.3 Å². The number of nitrogens with one attached hydrogen (secondary N) is 2. The topological polar surface area (TPSA) is 169 Å². The summed E-state index contributed by atoms with van der Waals surface area (Å²) < 4.78 is 10.6. The van der Waals surface area contributed by atoms with E-state index in [-0.39, 0.29) is 22.3 Å². The number of rotatable bonds is 6. The summed E-state index contributed by atoms with van der Waals surface area (Å²) in [5.74, 6) is -1.81. The van der Waals surface area contributed by atoms with Crippen LogP contribution in [0.25, 0.3) is 0 Å². The van der Waals surface area contributed by atoms with E-state index in [0.29, 0.717) is 0 Å². The van der Waals surface area contributed by atoms with Crippen molar-refractivity contribution >= 4 is 57.8 Å². The number of carbonyl (C=O) groups is 4. The first-order valence-electron chi connectivity index (χ1n) is 11.3. The fraction of sp³-hybridized carbons (Fsp3) is 0.636. The lowest BCUT2D eigenvalue weighted by Gasteiger charge is -2.53. The fourth-order valence-corrected chi connectivity index (χ4v) is 5.56. The van der Waals surface area contributed by atoms with Gasteiger partial charge in [0.15, 0.2) is 16.9 Å². The molecule has 1 aromatic heterocycles. The van der Waals surface area contributed by atoms with E-state index in [1.54, 1.807) is 41.5 Å². The van der Waals surface area contributed by atoms with Crippen LogP contribution in [0.2, 0.25) is 0 Å². The molecule has 3 N–H and O–H groups in total. The number of aliphatic hydroxyl groups is 1. The molecule has 3 amide bonds. The summed E-state index contributed by atoms with van der Waals surface area (Å²) in [6.07, 6.45) is -1.81. The number of aliphatic hydroxyl groups excluding tert-OH is 1. The number of thioether (sulfide) groups is 1. The first-order chi connectivity index (χ1) is 17.1. The zero-order valence-electron chi connectivity index (χ0n) is 21.6. The molecule has 15 heteroatoms. The summed E-state index contributed by atoms with van der Waals surface area (Å²) in [4.78, 5) is 60.9. The zero-order chi connectivity index (χ0) is 27.7. The Kier molecular flexibility index (Phi) is 8.39. The van der Waals surface area contributed by atoms with E-state index < -0.39 is 58.6 Å². The normalized spacial score (nSPS) is 23.9. The van der Waals surface area contributed by atoms with Crippen LogP contribution < -0.4 is 10.6 Å². The first kappa shape index (κ1) is 28.7. The maximum atomic E-state index is 13.1. The zero-order valence-corrected chi connectivity index (χ0v) is 23.2. The minimum Gasteiger partial charge on any atom is -0.458 e. The number of esters is 1. The van der Waals surface area contributed by atoms with Crippen LogP contribution >= 0.6 is 23.1 Å². The number of oxime groups is 1. The van der Waals surface area contributed by atoms with Crippen molar-refractivity contribution < 1.29 is 38.6 Å². The number of carbonyl (C=O) groups excluding carboxylic acids is 4. The molecule has 1 aromatic rings. The molecule has 4 atom stereocenters. The van der Waals surface area contributed by atoms with Crippen LogP contribution in [0.4, 0.5) is 9.93 Å². The number of amides is 3. The second kappa shape index (κ2) is 10.8. The van der Waals surface area contributed by atoms with Gasteiger partial charge in [-0.3, -0.25) is 14.9 Å². The van der Waals surface area contributed by atoms with Crippen molar-refractivity contribution in [1.29, 1.82) is 0 Å². The first-order valence-corrected chi connectivity index (χ1v) is 13.3. The van der Waals surface area contributed by atoms with Crippen molar-refractivity contribution in [2.24, 2.45) is 5.16 Å². The van der Waals surface area contributed by atoms with Gasteiger partial charge in [-0.05, 0) is 41.5 Å². The molecule has 2 fully saturated rings. The molecule has 0 aromatic carbocycles. The smallest absolute Gasteiger partial charge is 0.413 e. The Bertz CT molecular complexity index is 1090. The van der Waals surface area contributed by atoms with Gasteiger partial charge in [0.25, 0.3) is 5.91 Å². The number of thiazole rings is 1. The fourth-order valence-electron chi connectivity index (χ4n) is 3.53. The van der Waals surface area contributed by atoms with E-state index in [0.717, 1.165) is 11.3 Å². The maximum absolute atomic E-state index is 13.1. The van der Waals surface area contributed by atoms with E-state index in [1.165, 1.54) is 29.2 Å². The average Bonchev–Trinajstić information content (AvgIpc) is 3.20. The molecular weight excluding hydrogens is 526 g/mol. The second-order valence-electron chi connectivity index (χ2n) is 10.3. The third-order valence-electron chi connectivity index (χ3n) is 4.87. The van der Waals surface area contributed by atoms with Gasteiger partial charge in [0.1, 0.15) is 35.4 Å². The van der Waals surface area contributed by atoms with Gasteiger partial charge < -0.3 is 29.6 Å². The molecule has 3 heterocycles. The molecule has 37 heavy (non-hydrogen) atoms. The standard InChI is InChI=1S/C22H31N5O8S2/c1-21(2,3)34-18(31)14-11(28)9-36-17-13(16(30)27(14)17)24-15(29)12(26-33-7)10-8-37-19(23-10)25-20(32)35-22(4,5)6/h8,11,13-14,17,28H,9H2,1-7H3,(H,24,29)(H,23,25,32)/t11?,13-,14?,17+/m1/s1. The highest BCUT2D eigenvalue weighted by atomic mass is 32.2. The Balaban J connectivity index is 1.70. The molecule has 0 radical (unpaired) electrons.